The van der Waals surface area contributed by atoms with Gasteiger partial charge in [0.1, 0.15) is 18.1 Å². The van der Waals surface area contributed by atoms with Crippen LogP contribution in [0.25, 0.3) is 10.9 Å². The van der Waals surface area contributed by atoms with Gasteiger partial charge in [0.15, 0.2) is 5.96 Å². The van der Waals surface area contributed by atoms with E-state index < -0.39 is 60.2 Å². The molecule has 12 N–H and O–H groups in total. The van der Waals surface area contributed by atoms with Gasteiger partial charge in [-0.05, 0) is 37.8 Å². The van der Waals surface area contributed by atoms with Crippen LogP contribution in [-0.4, -0.2) is 81.5 Å². The lowest BCUT2D eigenvalue weighted by molar-refractivity contribution is -0.142. The van der Waals surface area contributed by atoms with Gasteiger partial charge >= 0.3 is 11.9 Å². The Morgan fingerprint density at radius 2 is 1.52 bits per heavy atom. The van der Waals surface area contributed by atoms with E-state index >= 15 is 0 Å². The van der Waals surface area contributed by atoms with Crippen LogP contribution >= 0.6 is 0 Å². The quantitative estimate of drug-likeness (QED) is 0.0652. The molecule has 0 aliphatic heterocycles. The number of H-pyrrole nitrogens is 1. The Labute approximate surface area is 229 Å². The predicted molar refractivity (Wildman–Crippen MR) is 146 cm³/mol. The molecular formula is C25H36N8O7. The Bertz CT molecular complexity index is 1240. The van der Waals surface area contributed by atoms with Crippen molar-refractivity contribution in [3.8, 4) is 0 Å². The molecule has 15 nitrogen and oxygen atoms in total. The zero-order valence-electron chi connectivity index (χ0n) is 22.1. The zero-order chi connectivity index (χ0) is 29.8. The summed E-state index contributed by atoms with van der Waals surface area (Å²) in [7, 11) is 0. The lowest BCUT2D eigenvalue weighted by Crippen LogP contribution is -2.57. The highest BCUT2D eigenvalue weighted by Gasteiger charge is 2.30. The van der Waals surface area contributed by atoms with Crippen LogP contribution in [0.2, 0.25) is 0 Å². The van der Waals surface area contributed by atoms with Crippen molar-refractivity contribution < 1.29 is 34.2 Å². The lowest BCUT2D eigenvalue weighted by atomic mass is 10.0. The van der Waals surface area contributed by atoms with Crippen LogP contribution in [-0.2, 0) is 30.4 Å². The van der Waals surface area contributed by atoms with E-state index in [1.54, 1.807) is 12.3 Å². The standard InChI is InChI=1S/C25H36N8O7/c1-13(26)21(36)31-18(8-9-20(34)35)23(38)32-17(7-4-10-29-25(27)28)22(37)33-19(24(39)40)11-14-12-30-16-6-3-2-5-15(14)16/h2-3,5-6,12-13,17-19,30H,4,7-11,26H2,1H3,(H,31,36)(H,32,38)(H,33,37)(H,34,35)(H,39,40)(H4,27,28,29). The van der Waals surface area contributed by atoms with Crippen molar-refractivity contribution in [2.45, 2.75) is 63.2 Å². The van der Waals surface area contributed by atoms with Crippen LogP contribution in [0.4, 0.5) is 0 Å². The van der Waals surface area contributed by atoms with Gasteiger partial charge < -0.3 is 48.3 Å². The summed E-state index contributed by atoms with van der Waals surface area (Å²) < 4.78 is 0. The fourth-order valence-electron chi connectivity index (χ4n) is 3.88. The molecule has 4 unspecified atom stereocenters. The number of hydrogen-bond donors (Lipinski definition) is 9. The van der Waals surface area contributed by atoms with Crippen molar-refractivity contribution in [1.82, 2.24) is 20.9 Å². The molecule has 40 heavy (non-hydrogen) atoms. The van der Waals surface area contributed by atoms with E-state index in [0.29, 0.717) is 5.56 Å². The van der Waals surface area contributed by atoms with Gasteiger partial charge in [-0.25, -0.2) is 4.79 Å². The number of aromatic nitrogens is 1. The average Bonchev–Trinajstić information content (AvgIpc) is 3.29. The van der Waals surface area contributed by atoms with Crippen LogP contribution in [0.5, 0.6) is 0 Å². The van der Waals surface area contributed by atoms with E-state index in [-0.39, 0.29) is 38.2 Å². The molecule has 3 amide bonds. The monoisotopic (exact) mass is 560 g/mol. The van der Waals surface area contributed by atoms with Gasteiger partial charge in [0.05, 0.1) is 6.04 Å². The fourth-order valence-corrected chi connectivity index (χ4v) is 3.88. The molecule has 2 rings (SSSR count). The number of carboxylic acids is 2. The predicted octanol–water partition coefficient (Wildman–Crippen LogP) is -1.48. The molecule has 0 fully saturated rings. The first kappa shape index (κ1) is 31.6. The third kappa shape index (κ3) is 9.90. The number of nitrogens with zero attached hydrogens (tertiary/aromatic N) is 1. The van der Waals surface area contributed by atoms with Crippen molar-refractivity contribution in [1.29, 1.82) is 0 Å². The smallest absolute Gasteiger partial charge is 0.326 e. The van der Waals surface area contributed by atoms with E-state index in [2.05, 4.69) is 25.9 Å². The second-order valence-electron chi connectivity index (χ2n) is 9.26. The number of carbonyl (C=O) groups is 5. The Morgan fingerprint density at radius 3 is 2.12 bits per heavy atom. The molecule has 0 saturated carbocycles. The first-order valence-electron chi connectivity index (χ1n) is 12.6. The minimum absolute atomic E-state index is 0.0146. The van der Waals surface area contributed by atoms with Crippen molar-refractivity contribution in [2.75, 3.05) is 6.54 Å². The number of hydrogen-bond acceptors (Lipinski definition) is 7. The summed E-state index contributed by atoms with van der Waals surface area (Å²) in [6.45, 7) is 1.52. The lowest BCUT2D eigenvalue weighted by Gasteiger charge is -2.24. The molecule has 15 heteroatoms. The van der Waals surface area contributed by atoms with E-state index in [1.807, 2.05) is 18.2 Å². The number of nitrogens with one attached hydrogen (secondary N) is 4. The number of benzene rings is 1. The van der Waals surface area contributed by atoms with E-state index in [1.165, 1.54) is 6.92 Å². The van der Waals surface area contributed by atoms with Crippen LogP contribution in [0.1, 0.15) is 38.2 Å². The van der Waals surface area contributed by atoms with Crippen LogP contribution in [0, 0.1) is 0 Å². The van der Waals surface area contributed by atoms with Crippen molar-refractivity contribution in [2.24, 2.45) is 22.2 Å². The number of aliphatic carboxylic acids is 2. The second-order valence-corrected chi connectivity index (χ2v) is 9.26. The van der Waals surface area contributed by atoms with Gasteiger partial charge in [-0.15, -0.1) is 0 Å². The summed E-state index contributed by atoms with van der Waals surface area (Å²) in [5.41, 5.74) is 17.7. The van der Waals surface area contributed by atoms with Crippen LogP contribution in [0.15, 0.2) is 35.5 Å². The maximum absolute atomic E-state index is 13.2. The summed E-state index contributed by atoms with van der Waals surface area (Å²) in [6.07, 6.45) is 1.18. The second kappa shape index (κ2) is 15.1. The number of aromatic amines is 1. The number of rotatable bonds is 16. The minimum Gasteiger partial charge on any atom is -0.481 e. The largest absolute Gasteiger partial charge is 0.481 e. The van der Waals surface area contributed by atoms with Gasteiger partial charge in [0.2, 0.25) is 17.7 Å². The minimum atomic E-state index is -1.33. The normalized spacial score (nSPS) is 13.8. The number of nitrogens with two attached hydrogens (primary N) is 3. The number of fused-ring (bicyclic) bond motifs is 1. The fraction of sp³-hybridized carbons (Fsp3) is 0.440. The number of guanidine groups is 1. The van der Waals surface area contributed by atoms with E-state index in [9.17, 15) is 29.1 Å². The molecular weight excluding hydrogens is 524 g/mol. The maximum Gasteiger partial charge on any atom is 0.326 e. The van der Waals surface area contributed by atoms with Gasteiger partial charge in [0.25, 0.3) is 0 Å². The Kier molecular flexibility index (Phi) is 11.9. The Balaban J connectivity index is 2.22. The van der Waals surface area contributed by atoms with Crippen molar-refractivity contribution >= 4 is 46.5 Å². The molecule has 0 aliphatic rings. The Hall–Kier alpha value is -4.66. The highest BCUT2D eigenvalue weighted by atomic mass is 16.4. The number of carboxylic acid groups (broad SMARTS) is 2. The number of carbonyl (C=O) groups excluding carboxylic acids is 3. The molecule has 0 aliphatic carbocycles. The summed E-state index contributed by atoms with van der Waals surface area (Å²) in [5, 5.41) is 27.0. The average molecular weight is 561 g/mol. The molecule has 218 valence electrons. The van der Waals surface area contributed by atoms with Gasteiger partial charge in [-0.3, -0.25) is 24.2 Å². The molecule has 0 saturated heterocycles. The zero-order valence-corrected chi connectivity index (χ0v) is 22.1. The highest BCUT2D eigenvalue weighted by Crippen LogP contribution is 2.19. The van der Waals surface area contributed by atoms with E-state index in [0.717, 1.165) is 10.9 Å². The number of aliphatic imine (C=N–C) groups is 1. The Morgan fingerprint density at radius 1 is 0.925 bits per heavy atom. The summed E-state index contributed by atoms with van der Waals surface area (Å²) in [6, 6.07) is 2.44. The van der Waals surface area contributed by atoms with Crippen molar-refractivity contribution in [3.05, 3.63) is 36.0 Å². The third-order valence-electron chi connectivity index (χ3n) is 5.99. The molecule has 1 aromatic carbocycles. The summed E-state index contributed by atoms with van der Waals surface area (Å²) in [5.74, 6) is -4.96. The highest BCUT2D eigenvalue weighted by molar-refractivity contribution is 5.94. The van der Waals surface area contributed by atoms with Gasteiger partial charge in [-0.1, -0.05) is 18.2 Å². The topological polar surface area (TPSA) is 268 Å². The van der Waals surface area contributed by atoms with Crippen LogP contribution < -0.4 is 33.2 Å². The molecule has 1 heterocycles. The summed E-state index contributed by atoms with van der Waals surface area (Å²) >= 11 is 0. The number of amides is 3. The summed E-state index contributed by atoms with van der Waals surface area (Å²) in [4.78, 5) is 68.4. The number of para-hydroxylation sites is 1. The third-order valence-corrected chi connectivity index (χ3v) is 5.99. The van der Waals surface area contributed by atoms with Crippen LogP contribution in [0.3, 0.4) is 0 Å². The van der Waals surface area contributed by atoms with Gasteiger partial charge in [0, 0.05) is 36.5 Å². The maximum atomic E-state index is 13.2. The SMILES string of the molecule is CC(N)C(=O)NC(CCC(=O)O)C(=O)NC(CCCN=C(N)N)C(=O)NC(Cc1c[nH]c2ccccc12)C(=O)O. The molecule has 0 spiro atoms. The van der Waals surface area contributed by atoms with Crippen molar-refractivity contribution in [3.63, 3.8) is 0 Å². The molecule has 1 aromatic heterocycles. The molecule has 0 bridgehead atoms. The van der Waals surface area contributed by atoms with E-state index in [4.69, 9.17) is 22.3 Å². The first-order valence-corrected chi connectivity index (χ1v) is 12.6. The first-order chi connectivity index (χ1) is 18.9. The molecule has 2 aromatic rings. The molecule has 4 atom stereocenters. The van der Waals surface area contributed by atoms with Gasteiger partial charge in [-0.2, -0.15) is 0 Å². The molecule has 0 radical (unpaired) electrons.